The van der Waals surface area contributed by atoms with Gasteiger partial charge in [-0.2, -0.15) is 0 Å². The number of allylic oxidation sites excluding steroid dienone is 2. The van der Waals surface area contributed by atoms with E-state index in [9.17, 15) is 4.79 Å². The summed E-state index contributed by atoms with van der Waals surface area (Å²) in [7, 11) is 0. The molecule has 28 heavy (non-hydrogen) atoms. The van der Waals surface area contributed by atoms with Gasteiger partial charge in [-0.25, -0.2) is 0 Å². The lowest BCUT2D eigenvalue weighted by molar-refractivity contribution is -0.134. The summed E-state index contributed by atoms with van der Waals surface area (Å²) in [6.45, 7) is 8.03. The van der Waals surface area contributed by atoms with Gasteiger partial charge in [0, 0.05) is 18.4 Å². The highest BCUT2D eigenvalue weighted by Crippen LogP contribution is 2.66. The van der Waals surface area contributed by atoms with Gasteiger partial charge in [0.15, 0.2) is 0 Å². The molecule has 0 spiro atoms. The van der Waals surface area contributed by atoms with Crippen LogP contribution in [0.4, 0.5) is 0 Å². The summed E-state index contributed by atoms with van der Waals surface area (Å²) in [5.41, 5.74) is 8.63. The number of halogens is 1. The molecule has 0 amide bonds. The average molecular weight is 409 g/mol. The molecule has 0 aromatic heterocycles. The largest absolute Gasteiger partial charge is 0.395 e. The fraction of sp³-hybridized carbons (Fsp3) is 0.826. The highest BCUT2D eigenvalue weighted by Gasteiger charge is 2.60. The van der Waals surface area contributed by atoms with Crippen molar-refractivity contribution < 1.29 is 9.63 Å². The standard InChI is InChI=1S/C23H36N2O2.ClH/c1-4-15-13-17-18-5-6-21(26)23(18,3)10-8-19(17)22(2)9-7-16(14-20(15)22)25-27-12-11-24;/h4,17-20H,5-14,24H2,1-3H3;1H/b15-4+,25-16-;/t17-,18-,19-,20?,22+,23-;/m0./s1. The van der Waals surface area contributed by atoms with Crippen LogP contribution in [0.3, 0.4) is 0 Å². The Morgan fingerprint density at radius 2 is 1.96 bits per heavy atom. The van der Waals surface area contributed by atoms with Gasteiger partial charge in [-0.3, -0.25) is 4.79 Å². The predicted octanol–water partition coefficient (Wildman–Crippen LogP) is 4.91. The summed E-state index contributed by atoms with van der Waals surface area (Å²) < 4.78 is 0. The van der Waals surface area contributed by atoms with Gasteiger partial charge in [0.25, 0.3) is 0 Å². The van der Waals surface area contributed by atoms with Crippen LogP contribution in [0.5, 0.6) is 0 Å². The molecule has 0 radical (unpaired) electrons. The Labute approximate surface area is 176 Å². The number of nitrogens with zero attached hydrogens (tertiary/aromatic N) is 1. The summed E-state index contributed by atoms with van der Waals surface area (Å²) >= 11 is 0. The third kappa shape index (κ3) is 3.25. The van der Waals surface area contributed by atoms with E-state index < -0.39 is 0 Å². The topological polar surface area (TPSA) is 64.7 Å². The number of hydrogen-bond acceptors (Lipinski definition) is 4. The van der Waals surface area contributed by atoms with Gasteiger partial charge in [-0.05, 0) is 81.0 Å². The second-order valence-electron chi connectivity index (χ2n) is 9.90. The van der Waals surface area contributed by atoms with Crippen molar-refractivity contribution in [1.82, 2.24) is 0 Å². The maximum Gasteiger partial charge on any atom is 0.139 e. The number of Topliss-reactive ketones (excluding diaryl/α,β-unsaturated/α-hetero) is 1. The molecule has 158 valence electrons. The molecular weight excluding hydrogens is 372 g/mol. The monoisotopic (exact) mass is 408 g/mol. The van der Waals surface area contributed by atoms with E-state index in [-0.39, 0.29) is 17.8 Å². The Morgan fingerprint density at radius 3 is 2.68 bits per heavy atom. The minimum absolute atomic E-state index is 0. The smallest absolute Gasteiger partial charge is 0.139 e. The molecule has 4 aliphatic rings. The van der Waals surface area contributed by atoms with Crippen molar-refractivity contribution >= 4 is 23.9 Å². The molecule has 5 heteroatoms. The summed E-state index contributed by atoms with van der Waals surface area (Å²) in [4.78, 5) is 18.0. The molecule has 0 aromatic rings. The maximum atomic E-state index is 12.6. The van der Waals surface area contributed by atoms with Gasteiger partial charge in [0.05, 0.1) is 5.71 Å². The number of fused-ring (bicyclic) bond motifs is 5. The van der Waals surface area contributed by atoms with E-state index in [2.05, 4.69) is 32.0 Å². The molecule has 0 bridgehead atoms. The highest BCUT2D eigenvalue weighted by molar-refractivity contribution is 5.87. The first kappa shape index (κ1) is 21.8. The second-order valence-corrected chi connectivity index (χ2v) is 9.90. The zero-order valence-electron chi connectivity index (χ0n) is 17.7. The molecule has 4 saturated carbocycles. The van der Waals surface area contributed by atoms with Gasteiger partial charge < -0.3 is 10.6 Å². The van der Waals surface area contributed by atoms with E-state index in [0.29, 0.717) is 42.1 Å². The minimum Gasteiger partial charge on any atom is -0.395 e. The Bertz CT molecular complexity index is 676. The third-order valence-corrected chi connectivity index (χ3v) is 8.87. The lowest BCUT2D eigenvalue weighted by Gasteiger charge is -2.60. The third-order valence-electron chi connectivity index (χ3n) is 8.87. The van der Waals surface area contributed by atoms with Crippen LogP contribution in [0.15, 0.2) is 16.8 Å². The summed E-state index contributed by atoms with van der Waals surface area (Å²) in [5.74, 6) is 3.16. The van der Waals surface area contributed by atoms with Gasteiger partial charge in [0.1, 0.15) is 12.4 Å². The molecule has 2 N–H and O–H groups in total. The van der Waals surface area contributed by atoms with Gasteiger partial charge in [0.2, 0.25) is 0 Å². The maximum absolute atomic E-state index is 12.6. The molecule has 4 aliphatic carbocycles. The van der Waals surface area contributed by atoms with E-state index >= 15 is 0 Å². The van der Waals surface area contributed by atoms with Crippen LogP contribution >= 0.6 is 12.4 Å². The summed E-state index contributed by atoms with van der Waals surface area (Å²) in [6.07, 6.45) is 11.1. The Hall–Kier alpha value is -0.870. The molecule has 4 nitrogen and oxygen atoms in total. The number of carbonyl (C=O) groups excluding carboxylic acids is 1. The normalized spacial score (nSPS) is 45.2. The lowest BCUT2D eigenvalue weighted by atomic mass is 9.44. The quantitative estimate of drug-likeness (QED) is 0.410. The summed E-state index contributed by atoms with van der Waals surface area (Å²) in [5, 5.41) is 4.41. The molecule has 0 saturated heterocycles. The minimum atomic E-state index is -0.0411. The molecule has 1 unspecified atom stereocenters. The Morgan fingerprint density at radius 1 is 1.18 bits per heavy atom. The summed E-state index contributed by atoms with van der Waals surface area (Å²) in [6, 6.07) is 0. The number of oxime groups is 1. The zero-order valence-corrected chi connectivity index (χ0v) is 18.5. The zero-order chi connectivity index (χ0) is 19.2. The van der Waals surface area contributed by atoms with Crippen LogP contribution in [-0.4, -0.2) is 24.6 Å². The molecular formula is C23H37ClN2O2. The van der Waals surface area contributed by atoms with E-state index in [1.807, 2.05) is 0 Å². The van der Waals surface area contributed by atoms with Crippen LogP contribution in [0, 0.1) is 34.5 Å². The van der Waals surface area contributed by atoms with E-state index in [4.69, 9.17) is 10.6 Å². The van der Waals surface area contributed by atoms with Crippen molar-refractivity contribution in [1.29, 1.82) is 0 Å². The SMILES string of the molecule is C/C=C1\C[C@@H]2[C@H](CC[C@]3(C)C(=O)CC[C@@H]23)[C@@]2(C)CC/C(=N/OCCN)CC12.Cl. The van der Waals surface area contributed by atoms with Crippen molar-refractivity contribution in [2.45, 2.75) is 72.1 Å². The van der Waals surface area contributed by atoms with Crippen molar-refractivity contribution in [2.24, 2.45) is 45.4 Å². The van der Waals surface area contributed by atoms with Crippen molar-refractivity contribution in [2.75, 3.05) is 13.2 Å². The Balaban J connectivity index is 0.00000225. The molecule has 6 atom stereocenters. The molecule has 0 aromatic carbocycles. The first-order valence-corrected chi connectivity index (χ1v) is 11.0. The fourth-order valence-electron chi connectivity index (χ4n) is 7.33. The van der Waals surface area contributed by atoms with Crippen molar-refractivity contribution in [3.8, 4) is 0 Å². The van der Waals surface area contributed by atoms with Crippen LogP contribution in [0.25, 0.3) is 0 Å². The van der Waals surface area contributed by atoms with Gasteiger partial charge in [-0.15, -0.1) is 12.4 Å². The van der Waals surface area contributed by atoms with Crippen LogP contribution in [0.2, 0.25) is 0 Å². The van der Waals surface area contributed by atoms with E-state index in [0.717, 1.165) is 38.0 Å². The van der Waals surface area contributed by atoms with E-state index in [1.54, 1.807) is 5.57 Å². The molecule has 0 aliphatic heterocycles. The van der Waals surface area contributed by atoms with Crippen LogP contribution in [-0.2, 0) is 9.63 Å². The lowest BCUT2D eigenvalue weighted by Crippen LogP contribution is -2.54. The highest BCUT2D eigenvalue weighted by atomic mass is 35.5. The number of rotatable bonds is 3. The number of hydrogen-bond donors (Lipinski definition) is 1. The number of nitrogens with two attached hydrogens (primary N) is 1. The number of carbonyl (C=O) groups is 1. The number of ketones is 1. The first-order chi connectivity index (χ1) is 12.9. The first-order valence-electron chi connectivity index (χ1n) is 11.0. The fourth-order valence-corrected chi connectivity index (χ4v) is 7.33. The molecule has 4 fully saturated rings. The van der Waals surface area contributed by atoms with Crippen LogP contribution < -0.4 is 5.73 Å². The predicted molar refractivity (Wildman–Crippen MR) is 116 cm³/mol. The van der Waals surface area contributed by atoms with Crippen molar-refractivity contribution in [3.63, 3.8) is 0 Å². The van der Waals surface area contributed by atoms with Crippen molar-refractivity contribution in [3.05, 3.63) is 11.6 Å². The average Bonchev–Trinajstić information content (AvgIpc) is 2.96. The second kappa shape index (κ2) is 8.10. The van der Waals surface area contributed by atoms with Gasteiger partial charge in [-0.1, -0.05) is 30.7 Å². The van der Waals surface area contributed by atoms with Gasteiger partial charge >= 0.3 is 0 Å². The Kier molecular flexibility index (Phi) is 6.32. The van der Waals surface area contributed by atoms with E-state index in [1.165, 1.54) is 25.0 Å². The molecule has 4 rings (SSSR count). The van der Waals surface area contributed by atoms with Crippen LogP contribution in [0.1, 0.15) is 72.1 Å². The molecule has 0 heterocycles.